The fraction of sp³-hybridized carbons (Fsp3) is 0.708. The van der Waals surface area contributed by atoms with Gasteiger partial charge >= 0.3 is 0 Å². The fourth-order valence-corrected chi connectivity index (χ4v) is 5.07. The predicted molar refractivity (Wildman–Crippen MR) is 142 cm³/mol. The van der Waals surface area contributed by atoms with Gasteiger partial charge in [-0.25, -0.2) is 0 Å². The number of nitrogens with zero attached hydrogens (tertiary/aromatic N) is 5. The minimum absolute atomic E-state index is 0. The molecular weight excluding hydrogens is 515 g/mol. The van der Waals surface area contributed by atoms with Crippen LogP contribution in [0.3, 0.4) is 0 Å². The summed E-state index contributed by atoms with van der Waals surface area (Å²) in [5, 5.41) is 3.65. The van der Waals surface area contributed by atoms with Gasteiger partial charge in [-0.1, -0.05) is 31.2 Å². The number of halogens is 1. The number of guanidine groups is 1. The van der Waals surface area contributed by atoms with E-state index in [-0.39, 0.29) is 24.0 Å². The minimum atomic E-state index is 0. The number of ether oxygens (including phenoxy) is 1. The third kappa shape index (κ3) is 6.79. The van der Waals surface area contributed by atoms with Crippen LogP contribution in [-0.4, -0.2) is 111 Å². The summed E-state index contributed by atoms with van der Waals surface area (Å²) in [4.78, 5) is 14.7. The summed E-state index contributed by atoms with van der Waals surface area (Å²) >= 11 is 0. The molecular formula is C24H41IN6O. The zero-order valence-electron chi connectivity index (χ0n) is 19.8. The lowest BCUT2D eigenvalue weighted by atomic mass is 10.1. The van der Waals surface area contributed by atoms with Crippen molar-refractivity contribution in [3.05, 3.63) is 35.4 Å². The summed E-state index contributed by atoms with van der Waals surface area (Å²) in [5.74, 6) is 1.03. The van der Waals surface area contributed by atoms with Crippen molar-refractivity contribution in [3.63, 3.8) is 0 Å². The maximum atomic E-state index is 5.52. The van der Waals surface area contributed by atoms with Gasteiger partial charge in [-0.3, -0.25) is 14.8 Å². The Morgan fingerprint density at radius 3 is 2.38 bits per heavy atom. The average Bonchev–Trinajstić information content (AvgIpc) is 3.32. The fourth-order valence-electron chi connectivity index (χ4n) is 5.07. The highest BCUT2D eigenvalue weighted by molar-refractivity contribution is 14.0. The molecule has 3 aliphatic heterocycles. The highest BCUT2D eigenvalue weighted by atomic mass is 127. The van der Waals surface area contributed by atoms with Gasteiger partial charge in [0.25, 0.3) is 0 Å². The first kappa shape index (κ1) is 25.7. The van der Waals surface area contributed by atoms with Gasteiger partial charge in [0.2, 0.25) is 0 Å². The molecule has 180 valence electrons. The summed E-state index contributed by atoms with van der Waals surface area (Å²) in [5.41, 5.74) is 2.81. The van der Waals surface area contributed by atoms with Gasteiger partial charge in [0.05, 0.1) is 13.2 Å². The van der Waals surface area contributed by atoms with Gasteiger partial charge in [-0.05, 0) is 24.1 Å². The van der Waals surface area contributed by atoms with Crippen molar-refractivity contribution < 1.29 is 4.74 Å². The SMILES string of the molecule is CCN1CCN(Cc2ccccc2CNC(=NC)N2CCC(N3CCOCC3)C2)CC1.I. The molecule has 7 nitrogen and oxygen atoms in total. The Morgan fingerprint density at radius 2 is 1.69 bits per heavy atom. The van der Waals surface area contributed by atoms with E-state index in [1.807, 2.05) is 7.05 Å². The highest BCUT2D eigenvalue weighted by Crippen LogP contribution is 2.18. The zero-order valence-corrected chi connectivity index (χ0v) is 22.2. The summed E-state index contributed by atoms with van der Waals surface area (Å²) in [6.07, 6.45) is 1.21. The lowest BCUT2D eigenvalue weighted by Gasteiger charge is -2.34. The van der Waals surface area contributed by atoms with E-state index < -0.39 is 0 Å². The van der Waals surface area contributed by atoms with E-state index in [4.69, 9.17) is 4.74 Å². The van der Waals surface area contributed by atoms with Crippen molar-refractivity contribution >= 4 is 29.9 Å². The van der Waals surface area contributed by atoms with Gasteiger partial charge in [0, 0.05) is 78.5 Å². The van der Waals surface area contributed by atoms with Crippen molar-refractivity contribution in [3.8, 4) is 0 Å². The average molecular weight is 557 g/mol. The molecule has 0 aliphatic carbocycles. The number of morpholine rings is 1. The maximum absolute atomic E-state index is 5.52. The zero-order chi connectivity index (χ0) is 21.5. The summed E-state index contributed by atoms with van der Waals surface area (Å²) in [6.45, 7) is 16.0. The van der Waals surface area contributed by atoms with Crippen LogP contribution in [0, 0.1) is 0 Å². The second-order valence-corrected chi connectivity index (χ2v) is 8.92. The van der Waals surface area contributed by atoms with Crippen LogP contribution in [-0.2, 0) is 17.8 Å². The number of likely N-dealkylation sites (N-methyl/N-ethyl adjacent to an activating group) is 1. The first-order valence-electron chi connectivity index (χ1n) is 12.1. The molecule has 0 saturated carbocycles. The third-order valence-electron chi connectivity index (χ3n) is 7.10. The van der Waals surface area contributed by atoms with Crippen LogP contribution in [0.2, 0.25) is 0 Å². The van der Waals surface area contributed by atoms with Crippen LogP contribution in [0.25, 0.3) is 0 Å². The Bertz CT molecular complexity index is 718. The molecule has 0 radical (unpaired) electrons. The molecule has 3 aliphatic rings. The van der Waals surface area contributed by atoms with Crippen molar-refractivity contribution in [2.24, 2.45) is 4.99 Å². The van der Waals surface area contributed by atoms with Gasteiger partial charge in [-0.15, -0.1) is 24.0 Å². The molecule has 3 fully saturated rings. The molecule has 3 saturated heterocycles. The maximum Gasteiger partial charge on any atom is 0.193 e. The van der Waals surface area contributed by atoms with Crippen LogP contribution in [0.15, 0.2) is 29.3 Å². The molecule has 1 N–H and O–H groups in total. The molecule has 1 atom stereocenters. The summed E-state index contributed by atoms with van der Waals surface area (Å²) in [7, 11) is 1.91. The topological polar surface area (TPSA) is 46.6 Å². The molecule has 0 bridgehead atoms. The number of hydrogen-bond donors (Lipinski definition) is 1. The van der Waals surface area contributed by atoms with E-state index in [1.165, 1.54) is 30.6 Å². The normalized spacial score (nSPS) is 23.9. The Hall–Kier alpha value is -0.940. The molecule has 0 aromatic heterocycles. The molecule has 32 heavy (non-hydrogen) atoms. The monoisotopic (exact) mass is 556 g/mol. The largest absolute Gasteiger partial charge is 0.379 e. The van der Waals surface area contributed by atoms with Crippen molar-refractivity contribution in [2.75, 3.05) is 79.2 Å². The van der Waals surface area contributed by atoms with Crippen molar-refractivity contribution in [2.45, 2.75) is 32.5 Å². The molecule has 0 amide bonds. The first-order valence-corrected chi connectivity index (χ1v) is 12.1. The van der Waals surface area contributed by atoms with E-state index in [1.54, 1.807) is 0 Å². The molecule has 1 unspecified atom stereocenters. The minimum Gasteiger partial charge on any atom is -0.379 e. The smallest absolute Gasteiger partial charge is 0.193 e. The van der Waals surface area contributed by atoms with Crippen LogP contribution in [0.4, 0.5) is 0 Å². The molecule has 0 spiro atoms. The summed E-state index contributed by atoms with van der Waals surface area (Å²) < 4.78 is 5.52. The molecule has 8 heteroatoms. The standard InChI is InChI=1S/C24H40N6O.HI/c1-3-27-10-12-28(13-11-27)19-22-7-5-4-6-21(22)18-26-24(25-2)30-9-8-23(20-30)29-14-16-31-17-15-29;/h4-7,23H,3,8-20H2,1-2H3,(H,25,26);1H. The molecule has 1 aromatic carbocycles. The number of likely N-dealkylation sites (tertiary alicyclic amines) is 1. The Labute approximate surface area is 211 Å². The van der Waals surface area contributed by atoms with Gasteiger partial charge in [0.15, 0.2) is 5.96 Å². The number of benzene rings is 1. The van der Waals surface area contributed by atoms with Gasteiger partial charge < -0.3 is 19.9 Å². The van der Waals surface area contributed by atoms with E-state index >= 15 is 0 Å². The van der Waals surface area contributed by atoms with Crippen molar-refractivity contribution in [1.29, 1.82) is 0 Å². The second kappa shape index (κ2) is 13.1. The lowest BCUT2D eigenvalue weighted by molar-refractivity contribution is 0.0195. The number of piperazine rings is 1. The number of hydrogen-bond acceptors (Lipinski definition) is 5. The lowest BCUT2D eigenvalue weighted by Crippen LogP contribution is -2.46. The van der Waals surface area contributed by atoms with Gasteiger partial charge in [-0.2, -0.15) is 0 Å². The van der Waals surface area contributed by atoms with Crippen LogP contribution in [0.1, 0.15) is 24.5 Å². The first-order chi connectivity index (χ1) is 15.3. The highest BCUT2D eigenvalue weighted by Gasteiger charge is 2.30. The Kier molecular flexibility index (Phi) is 10.5. The summed E-state index contributed by atoms with van der Waals surface area (Å²) in [6, 6.07) is 9.50. The Balaban J connectivity index is 0.00000289. The number of aliphatic imine (C=N–C) groups is 1. The van der Waals surface area contributed by atoms with Crippen LogP contribution >= 0.6 is 24.0 Å². The van der Waals surface area contributed by atoms with Gasteiger partial charge in [0.1, 0.15) is 0 Å². The van der Waals surface area contributed by atoms with E-state index in [9.17, 15) is 0 Å². The quantitative estimate of drug-likeness (QED) is 0.329. The van der Waals surface area contributed by atoms with E-state index in [0.29, 0.717) is 6.04 Å². The molecule has 1 aromatic rings. The molecule has 3 heterocycles. The third-order valence-corrected chi connectivity index (χ3v) is 7.10. The van der Waals surface area contributed by atoms with E-state index in [0.717, 1.165) is 78.1 Å². The molecule has 4 rings (SSSR count). The van der Waals surface area contributed by atoms with Crippen molar-refractivity contribution in [1.82, 2.24) is 24.9 Å². The van der Waals surface area contributed by atoms with Crippen LogP contribution in [0.5, 0.6) is 0 Å². The number of nitrogens with one attached hydrogen (secondary N) is 1. The van der Waals surface area contributed by atoms with E-state index in [2.05, 4.69) is 61.1 Å². The van der Waals surface area contributed by atoms with Crippen LogP contribution < -0.4 is 5.32 Å². The Morgan fingerprint density at radius 1 is 1.00 bits per heavy atom. The second-order valence-electron chi connectivity index (χ2n) is 8.92. The predicted octanol–water partition coefficient (Wildman–Crippen LogP) is 1.92. The number of rotatable bonds is 6.